The number of nitrogens with zero attached hydrogens (tertiary/aromatic N) is 2. The van der Waals surface area contributed by atoms with Crippen LogP contribution in [0.15, 0.2) is 45.9 Å². The molecule has 2 heterocycles. The molecule has 156 valence electrons. The summed E-state index contributed by atoms with van der Waals surface area (Å²) in [5.74, 6) is -1.56. The number of rotatable bonds is 6. The highest BCUT2D eigenvalue weighted by Crippen LogP contribution is 2.30. The first kappa shape index (κ1) is 21.3. The second-order valence-corrected chi connectivity index (χ2v) is 8.65. The minimum absolute atomic E-state index is 0.118. The molecule has 1 saturated heterocycles. The number of methoxy groups -OCH3 is 1. The van der Waals surface area contributed by atoms with E-state index in [-0.39, 0.29) is 37.0 Å². The van der Waals surface area contributed by atoms with E-state index >= 15 is 0 Å². The van der Waals surface area contributed by atoms with Crippen LogP contribution in [-0.4, -0.2) is 62.8 Å². The van der Waals surface area contributed by atoms with E-state index in [1.165, 1.54) is 23.5 Å². The number of ether oxygens (including phenoxy) is 1. The van der Waals surface area contributed by atoms with Gasteiger partial charge in [-0.1, -0.05) is 29.8 Å². The summed E-state index contributed by atoms with van der Waals surface area (Å²) in [6, 6.07) is 8.61. The molecule has 1 aliphatic rings. The number of benzene rings is 1. The quantitative estimate of drug-likeness (QED) is 0.669. The molecule has 1 aromatic carbocycles. The summed E-state index contributed by atoms with van der Waals surface area (Å²) in [5, 5.41) is 0.0721. The molecule has 2 aromatic rings. The van der Waals surface area contributed by atoms with E-state index in [4.69, 9.17) is 26.5 Å². The number of halogens is 1. The summed E-state index contributed by atoms with van der Waals surface area (Å²) < 4.78 is 36.8. The molecule has 1 atom stereocenters. The van der Waals surface area contributed by atoms with Gasteiger partial charge in [0.05, 0.1) is 7.11 Å². The van der Waals surface area contributed by atoms with E-state index in [1.807, 2.05) is 4.90 Å². The maximum Gasteiger partial charge on any atom is 0.327 e. The normalized spacial score (nSPS) is 17.0. The fraction of sp³-hybridized carbons (Fsp3) is 0.333. The van der Waals surface area contributed by atoms with Gasteiger partial charge in [0.25, 0.3) is 15.9 Å². The minimum Gasteiger partial charge on any atom is -0.468 e. The molecule has 0 saturated carbocycles. The van der Waals surface area contributed by atoms with Crippen LogP contribution in [0.3, 0.4) is 0 Å². The van der Waals surface area contributed by atoms with E-state index in [0.29, 0.717) is 10.6 Å². The molecule has 1 aromatic heterocycles. The molecule has 1 amide bonds. The molecule has 2 N–H and O–H groups in total. The molecule has 29 heavy (non-hydrogen) atoms. The molecule has 0 unspecified atom stereocenters. The van der Waals surface area contributed by atoms with Crippen molar-refractivity contribution in [2.24, 2.45) is 5.73 Å². The summed E-state index contributed by atoms with van der Waals surface area (Å²) >= 11 is 6.26. The van der Waals surface area contributed by atoms with Crippen molar-refractivity contribution in [1.82, 2.24) is 9.21 Å². The first-order valence-corrected chi connectivity index (χ1v) is 10.5. The Balaban J connectivity index is 1.78. The number of carbonyl (C=O) groups excluding carboxylic acids is 2. The van der Waals surface area contributed by atoms with Gasteiger partial charge in [0.2, 0.25) is 5.09 Å². The van der Waals surface area contributed by atoms with Crippen molar-refractivity contribution in [3.05, 3.63) is 52.7 Å². The standard InChI is InChI=1S/C18H20ClN3O6S/c1-27-18(24)16(12-4-2-3-5-13(12)19)21-8-10-22(11-9-21)29(25,26)15-7-6-14(28-15)17(20)23/h2-7,16H,8-11H2,1H3,(H2,20,23)/t16-/m1/s1. The Morgan fingerprint density at radius 1 is 1.14 bits per heavy atom. The monoisotopic (exact) mass is 441 g/mol. The van der Waals surface area contributed by atoms with Crippen molar-refractivity contribution in [2.45, 2.75) is 11.1 Å². The maximum atomic E-state index is 12.8. The van der Waals surface area contributed by atoms with Gasteiger partial charge in [-0.25, -0.2) is 13.2 Å². The lowest BCUT2D eigenvalue weighted by Crippen LogP contribution is -2.51. The van der Waals surface area contributed by atoms with E-state index in [0.717, 1.165) is 0 Å². The fourth-order valence-electron chi connectivity index (χ4n) is 3.20. The van der Waals surface area contributed by atoms with Crippen LogP contribution < -0.4 is 5.73 Å². The van der Waals surface area contributed by atoms with Crippen molar-refractivity contribution in [1.29, 1.82) is 0 Å². The maximum absolute atomic E-state index is 12.8. The van der Waals surface area contributed by atoms with Crippen LogP contribution in [0.25, 0.3) is 0 Å². The smallest absolute Gasteiger partial charge is 0.327 e. The lowest BCUT2D eigenvalue weighted by atomic mass is 10.0. The van der Waals surface area contributed by atoms with Crippen LogP contribution in [0.4, 0.5) is 0 Å². The summed E-state index contributed by atoms with van der Waals surface area (Å²) in [5.41, 5.74) is 5.70. The Hall–Kier alpha value is -2.40. The van der Waals surface area contributed by atoms with Crippen molar-refractivity contribution < 1.29 is 27.2 Å². The molecule has 9 nitrogen and oxygen atoms in total. The van der Waals surface area contributed by atoms with Crippen molar-refractivity contribution >= 4 is 33.5 Å². The van der Waals surface area contributed by atoms with E-state index in [1.54, 1.807) is 24.3 Å². The molecule has 0 spiro atoms. The summed E-state index contributed by atoms with van der Waals surface area (Å²) in [4.78, 5) is 25.4. The van der Waals surface area contributed by atoms with Gasteiger partial charge in [0, 0.05) is 31.2 Å². The average Bonchev–Trinajstić information content (AvgIpc) is 3.21. The zero-order chi connectivity index (χ0) is 21.2. The first-order chi connectivity index (χ1) is 13.8. The minimum atomic E-state index is -3.93. The van der Waals surface area contributed by atoms with Gasteiger partial charge < -0.3 is 14.9 Å². The van der Waals surface area contributed by atoms with E-state index in [9.17, 15) is 18.0 Å². The fourth-order valence-corrected chi connectivity index (χ4v) is 4.77. The number of piperazine rings is 1. The van der Waals surface area contributed by atoms with Crippen LogP contribution in [-0.2, 0) is 19.6 Å². The zero-order valence-electron chi connectivity index (χ0n) is 15.6. The Morgan fingerprint density at radius 2 is 1.79 bits per heavy atom. The number of furan rings is 1. The molecule has 0 radical (unpaired) electrons. The van der Waals surface area contributed by atoms with Crippen molar-refractivity contribution in [2.75, 3.05) is 33.3 Å². The van der Waals surface area contributed by atoms with Crippen LogP contribution in [0.2, 0.25) is 5.02 Å². The topological polar surface area (TPSA) is 123 Å². The highest BCUT2D eigenvalue weighted by molar-refractivity contribution is 7.89. The third-order valence-electron chi connectivity index (χ3n) is 4.68. The van der Waals surface area contributed by atoms with Crippen molar-refractivity contribution in [3.63, 3.8) is 0 Å². The number of hydrogen-bond donors (Lipinski definition) is 1. The Labute approximate surface area is 173 Å². The number of carbonyl (C=O) groups is 2. The Bertz CT molecular complexity index is 1010. The zero-order valence-corrected chi connectivity index (χ0v) is 17.1. The van der Waals surface area contributed by atoms with E-state index < -0.39 is 27.9 Å². The molecular weight excluding hydrogens is 422 g/mol. The van der Waals surface area contributed by atoms with Gasteiger partial charge in [-0.15, -0.1) is 0 Å². The SMILES string of the molecule is COC(=O)[C@@H](c1ccccc1Cl)N1CCN(S(=O)(=O)c2ccc(C(N)=O)o2)CC1. The number of sulfonamides is 1. The predicted octanol–water partition coefficient (Wildman–Crippen LogP) is 1.25. The van der Waals surface area contributed by atoms with Crippen molar-refractivity contribution in [3.8, 4) is 0 Å². The number of esters is 1. The van der Waals surface area contributed by atoms with Crippen LogP contribution in [0.1, 0.15) is 22.2 Å². The number of amides is 1. The van der Waals surface area contributed by atoms with Crippen LogP contribution in [0.5, 0.6) is 0 Å². The molecular formula is C18H20ClN3O6S. The van der Waals surface area contributed by atoms with Gasteiger partial charge in [-0.3, -0.25) is 9.69 Å². The molecule has 3 rings (SSSR count). The lowest BCUT2D eigenvalue weighted by molar-refractivity contribution is -0.147. The van der Waals surface area contributed by atoms with Crippen LogP contribution in [0, 0.1) is 0 Å². The van der Waals surface area contributed by atoms with E-state index in [2.05, 4.69) is 0 Å². The van der Waals surface area contributed by atoms with Gasteiger partial charge in [-0.2, -0.15) is 4.31 Å². The molecule has 11 heteroatoms. The molecule has 0 bridgehead atoms. The van der Waals surface area contributed by atoms with Crippen LogP contribution >= 0.6 is 11.6 Å². The van der Waals surface area contributed by atoms with Gasteiger partial charge in [0.1, 0.15) is 6.04 Å². The third kappa shape index (κ3) is 4.30. The second kappa shape index (κ2) is 8.54. The highest BCUT2D eigenvalue weighted by Gasteiger charge is 2.37. The number of hydrogen-bond acceptors (Lipinski definition) is 7. The lowest BCUT2D eigenvalue weighted by Gasteiger charge is -2.37. The first-order valence-electron chi connectivity index (χ1n) is 8.72. The summed E-state index contributed by atoms with van der Waals surface area (Å²) in [6.07, 6.45) is 0. The average molecular weight is 442 g/mol. The molecule has 1 aliphatic heterocycles. The Kier molecular flexibility index (Phi) is 6.27. The largest absolute Gasteiger partial charge is 0.468 e. The molecule has 0 aliphatic carbocycles. The Morgan fingerprint density at radius 3 is 2.34 bits per heavy atom. The predicted molar refractivity (Wildman–Crippen MR) is 104 cm³/mol. The second-order valence-electron chi connectivity index (χ2n) is 6.37. The highest BCUT2D eigenvalue weighted by atomic mass is 35.5. The van der Waals surface area contributed by atoms with Gasteiger partial charge >= 0.3 is 5.97 Å². The third-order valence-corrected chi connectivity index (χ3v) is 6.80. The molecule has 1 fully saturated rings. The van der Waals surface area contributed by atoms with Gasteiger partial charge in [-0.05, 0) is 23.8 Å². The summed E-state index contributed by atoms with van der Waals surface area (Å²) in [7, 11) is -2.64. The number of primary amides is 1. The van der Waals surface area contributed by atoms with Gasteiger partial charge in [0.15, 0.2) is 5.76 Å². The number of nitrogens with two attached hydrogens (primary N) is 1. The summed E-state index contributed by atoms with van der Waals surface area (Å²) in [6.45, 7) is 0.779.